The molecule has 1 heterocycles. The van der Waals surface area contributed by atoms with Gasteiger partial charge in [-0.1, -0.05) is 12.1 Å². The van der Waals surface area contributed by atoms with Crippen LogP contribution in [-0.4, -0.2) is 6.36 Å². The smallest absolute Gasteiger partial charge is 0.404 e. The summed E-state index contributed by atoms with van der Waals surface area (Å²) in [4.78, 5) is 1.41. The second-order valence-corrected chi connectivity index (χ2v) is 4.94. The van der Waals surface area contributed by atoms with E-state index in [1.807, 2.05) is 6.07 Å². The molecular weight excluding hydrogens is 289 g/mol. The minimum Gasteiger partial charge on any atom is -0.404 e. The molecule has 1 N–H and O–H groups in total. The average molecular weight is 298 g/mol. The molecular formula is C13H9F3N2OS. The number of hydrogen-bond donors (Lipinski definition) is 1. The standard InChI is InChI=1S/C13H9F3N2OS/c14-13(15,16)19-12-4-2-1-3-11(12)18-8-10-6-5-9(7-17)20-10/h1-6,18H,8H2. The van der Waals surface area contributed by atoms with Crippen molar-refractivity contribution < 1.29 is 17.9 Å². The Morgan fingerprint density at radius 2 is 1.95 bits per heavy atom. The topological polar surface area (TPSA) is 45.0 Å². The molecule has 0 unspecified atom stereocenters. The lowest BCUT2D eigenvalue weighted by Gasteiger charge is -2.14. The molecule has 0 aliphatic rings. The molecule has 3 nitrogen and oxygen atoms in total. The summed E-state index contributed by atoms with van der Waals surface area (Å²) in [7, 11) is 0. The predicted molar refractivity (Wildman–Crippen MR) is 69.5 cm³/mol. The Morgan fingerprint density at radius 1 is 1.20 bits per heavy atom. The Morgan fingerprint density at radius 3 is 2.60 bits per heavy atom. The number of rotatable bonds is 4. The summed E-state index contributed by atoms with van der Waals surface area (Å²) in [5, 5.41) is 11.6. The largest absolute Gasteiger partial charge is 0.573 e. The highest BCUT2D eigenvalue weighted by Crippen LogP contribution is 2.30. The van der Waals surface area contributed by atoms with Gasteiger partial charge in [-0.15, -0.1) is 24.5 Å². The summed E-state index contributed by atoms with van der Waals surface area (Å²) < 4.78 is 40.7. The highest BCUT2D eigenvalue weighted by molar-refractivity contribution is 7.12. The zero-order valence-electron chi connectivity index (χ0n) is 10.1. The first-order chi connectivity index (χ1) is 9.48. The third kappa shape index (κ3) is 3.90. The number of benzene rings is 1. The molecule has 0 fully saturated rings. The minimum atomic E-state index is -4.73. The van der Waals surface area contributed by atoms with Crippen LogP contribution in [-0.2, 0) is 6.54 Å². The predicted octanol–water partition coefficient (Wildman–Crippen LogP) is 4.13. The van der Waals surface area contributed by atoms with Gasteiger partial charge in [0, 0.05) is 11.4 Å². The van der Waals surface area contributed by atoms with E-state index in [0.29, 0.717) is 11.4 Å². The maximum absolute atomic E-state index is 12.2. The summed E-state index contributed by atoms with van der Waals surface area (Å²) in [6.07, 6.45) is -4.73. The van der Waals surface area contributed by atoms with Gasteiger partial charge in [0.25, 0.3) is 0 Å². The van der Waals surface area contributed by atoms with Crippen molar-refractivity contribution in [3.05, 3.63) is 46.2 Å². The molecule has 104 valence electrons. The molecule has 0 aliphatic heterocycles. The summed E-state index contributed by atoms with van der Waals surface area (Å²) >= 11 is 1.28. The fourth-order valence-electron chi connectivity index (χ4n) is 1.54. The van der Waals surface area contributed by atoms with Crippen molar-refractivity contribution >= 4 is 17.0 Å². The van der Waals surface area contributed by atoms with Gasteiger partial charge in [0.15, 0.2) is 5.75 Å². The third-order valence-corrected chi connectivity index (χ3v) is 3.33. The Bertz CT molecular complexity index is 631. The van der Waals surface area contributed by atoms with E-state index in [2.05, 4.69) is 10.1 Å². The first-order valence-corrected chi connectivity index (χ1v) is 6.37. The third-order valence-electron chi connectivity index (χ3n) is 2.34. The van der Waals surface area contributed by atoms with Crippen LogP contribution in [0.1, 0.15) is 9.75 Å². The molecule has 0 bridgehead atoms. The molecule has 0 spiro atoms. The van der Waals surface area contributed by atoms with Gasteiger partial charge >= 0.3 is 6.36 Å². The highest BCUT2D eigenvalue weighted by atomic mass is 32.1. The molecule has 0 saturated heterocycles. The molecule has 20 heavy (non-hydrogen) atoms. The summed E-state index contributed by atoms with van der Waals surface area (Å²) in [6.45, 7) is 0.324. The maximum Gasteiger partial charge on any atom is 0.573 e. The number of hydrogen-bond acceptors (Lipinski definition) is 4. The number of halogens is 3. The maximum atomic E-state index is 12.2. The quantitative estimate of drug-likeness (QED) is 0.923. The van der Waals surface area contributed by atoms with E-state index in [4.69, 9.17) is 5.26 Å². The van der Waals surface area contributed by atoms with Gasteiger partial charge < -0.3 is 10.1 Å². The van der Waals surface area contributed by atoms with Crippen LogP contribution in [0, 0.1) is 11.3 Å². The van der Waals surface area contributed by atoms with Gasteiger partial charge in [0.2, 0.25) is 0 Å². The number of para-hydroxylation sites is 2. The molecule has 2 aromatic rings. The van der Waals surface area contributed by atoms with E-state index >= 15 is 0 Å². The highest BCUT2D eigenvalue weighted by Gasteiger charge is 2.32. The Hall–Kier alpha value is -2.20. The van der Waals surface area contributed by atoms with Gasteiger partial charge in [0.1, 0.15) is 10.9 Å². The fraction of sp³-hybridized carbons (Fsp3) is 0.154. The van der Waals surface area contributed by atoms with E-state index in [9.17, 15) is 13.2 Å². The van der Waals surface area contributed by atoms with Crippen molar-refractivity contribution in [1.82, 2.24) is 0 Å². The van der Waals surface area contributed by atoms with Crippen LogP contribution in [0.25, 0.3) is 0 Å². The summed E-state index contributed by atoms with van der Waals surface area (Å²) in [5.41, 5.74) is 0.247. The van der Waals surface area contributed by atoms with Crippen molar-refractivity contribution in [3.8, 4) is 11.8 Å². The molecule has 1 aromatic carbocycles. The van der Waals surface area contributed by atoms with Crippen molar-refractivity contribution in [3.63, 3.8) is 0 Å². The molecule has 2 rings (SSSR count). The molecule has 0 saturated carbocycles. The lowest BCUT2D eigenvalue weighted by molar-refractivity contribution is -0.274. The van der Waals surface area contributed by atoms with E-state index in [1.54, 1.807) is 18.2 Å². The van der Waals surface area contributed by atoms with Crippen LogP contribution >= 0.6 is 11.3 Å². The van der Waals surface area contributed by atoms with E-state index in [-0.39, 0.29) is 11.4 Å². The number of nitriles is 1. The Kier molecular flexibility index (Phi) is 4.15. The number of alkyl halides is 3. The molecule has 7 heteroatoms. The van der Waals surface area contributed by atoms with Gasteiger partial charge in [-0.3, -0.25) is 0 Å². The Balaban J connectivity index is 2.07. The second kappa shape index (κ2) is 5.84. The van der Waals surface area contributed by atoms with E-state index in [1.165, 1.54) is 29.5 Å². The number of anilines is 1. The summed E-state index contributed by atoms with van der Waals surface area (Å²) in [5.74, 6) is -0.280. The Labute approximate surface area is 117 Å². The SMILES string of the molecule is N#Cc1ccc(CNc2ccccc2OC(F)(F)F)s1. The zero-order chi connectivity index (χ0) is 14.6. The van der Waals surface area contributed by atoms with Crippen LogP contribution in [0.3, 0.4) is 0 Å². The molecule has 0 amide bonds. The lowest BCUT2D eigenvalue weighted by Crippen LogP contribution is -2.18. The molecule has 0 atom stereocenters. The van der Waals surface area contributed by atoms with Crippen molar-refractivity contribution in [2.75, 3.05) is 5.32 Å². The van der Waals surface area contributed by atoms with Gasteiger partial charge in [-0.25, -0.2) is 0 Å². The van der Waals surface area contributed by atoms with Crippen molar-refractivity contribution in [2.24, 2.45) is 0 Å². The number of ether oxygens (including phenoxy) is 1. The number of thiophene rings is 1. The molecule has 0 radical (unpaired) electrons. The molecule has 0 aliphatic carbocycles. The van der Waals surface area contributed by atoms with Gasteiger partial charge in [0.05, 0.1) is 5.69 Å². The minimum absolute atomic E-state index is 0.247. The van der Waals surface area contributed by atoms with Crippen LogP contribution in [0.4, 0.5) is 18.9 Å². The van der Waals surface area contributed by atoms with Crippen LogP contribution < -0.4 is 10.1 Å². The van der Waals surface area contributed by atoms with Crippen LogP contribution in [0.2, 0.25) is 0 Å². The van der Waals surface area contributed by atoms with Gasteiger partial charge in [-0.2, -0.15) is 5.26 Å². The lowest BCUT2D eigenvalue weighted by atomic mass is 10.3. The van der Waals surface area contributed by atoms with E-state index < -0.39 is 6.36 Å². The van der Waals surface area contributed by atoms with Gasteiger partial charge in [-0.05, 0) is 24.3 Å². The van der Waals surface area contributed by atoms with Crippen LogP contribution in [0.5, 0.6) is 5.75 Å². The van der Waals surface area contributed by atoms with Crippen molar-refractivity contribution in [1.29, 1.82) is 5.26 Å². The second-order valence-electron chi connectivity index (χ2n) is 3.78. The normalized spacial score (nSPS) is 10.9. The monoisotopic (exact) mass is 298 g/mol. The zero-order valence-corrected chi connectivity index (χ0v) is 10.9. The average Bonchev–Trinajstić information content (AvgIpc) is 2.84. The number of nitrogens with zero attached hydrogens (tertiary/aromatic N) is 1. The fourth-order valence-corrected chi connectivity index (χ4v) is 2.29. The van der Waals surface area contributed by atoms with Crippen LogP contribution in [0.15, 0.2) is 36.4 Å². The first kappa shape index (κ1) is 14.2. The first-order valence-electron chi connectivity index (χ1n) is 5.55. The molecule has 1 aromatic heterocycles. The van der Waals surface area contributed by atoms with E-state index in [0.717, 1.165) is 4.88 Å². The number of nitrogens with one attached hydrogen (secondary N) is 1. The van der Waals surface area contributed by atoms with Crippen molar-refractivity contribution in [2.45, 2.75) is 12.9 Å². The summed E-state index contributed by atoms with van der Waals surface area (Å²) in [6, 6.07) is 11.2.